The van der Waals surface area contributed by atoms with Gasteiger partial charge in [-0.3, -0.25) is 9.69 Å². The molecule has 1 atom stereocenters. The zero-order valence-electron chi connectivity index (χ0n) is 16.6. The third kappa shape index (κ3) is 4.26. The monoisotopic (exact) mass is 385 g/mol. The van der Waals surface area contributed by atoms with Crippen LogP contribution in [-0.4, -0.2) is 49.1 Å². The van der Waals surface area contributed by atoms with Gasteiger partial charge in [0.1, 0.15) is 12.4 Å². The van der Waals surface area contributed by atoms with Crippen molar-refractivity contribution in [2.24, 2.45) is 5.92 Å². The van der Waals surface area contributed by atoms with Crippen LogP contribution in [0.4, 0.5) is 10.5 Å². The van der Waals surface area contributed by atoms with Crippen LogP contribution in [-0.2, 0) is 4.79 Å². The zero-order chi connectivity index (χ0) is 19.3. The number of para-hydroxylation sites is 2. The van der Waals surface area contributed by atoms with Gasteiger partial charge in [-0.25, -0.2) is 4.79 Å². The molecule has 1 saturated heterocycles. The molecule has 1 N–H and O–H groups in total. The van der Waals surface area contributed by atoms with Gasteiger partial charge in [-0.2, -0.15) is 0 Å². The van der Waals surface area contributed by atoms with E-state index in [9.17, 15) is 9.59 Å². The molecule has 2 aliphatic heterocycles. The number of fused-ring (bicyclic) bond motifs is 1. The molecule has 3 aliphatic rings. The quantitative estimate of drug-likeness (QED) is 0.792. The van der Waals surface area contributed by atoms with E-state index in [1.807, 2.05) is 29.2 Å². The van der Waals surface area contributed by atoms with E-state index < -0.39 is 0 Å². The minimum absolute atomic E-state index is 0.0114. The summed E-state index contributed by atoms with van der Waals surface area (Å²) in [5.74, 6) is 0.783. The Balaban J connectivity index is 1.38. The highest BCUT2D eigenvalue weighted by molar-refractivity contribution is 5.94. The van der Waals surface area contributed by atoms with Crippen LogP contribution in [0.3, 0.4) is 0 Å². The first-order chi connectivity index (χ1) is 13.7. The highest BCUT2D eigenvalue weighted by atomic mass is 16.5. The predicted molar refractivity (Wildman–Crippen MR) is 109 cm³/mol. The summed E-state index contributed by atoms with van der Waals surface area (Å²) in [6.45, 7) is 2.27. The summed E-state index contributed by atoms with van der Waals surface area (Å²) in [6.07, 6.45) is 8.88. The van der Waals surface area contributed by atoms with E-state index in [-0.39, 0.29) is 17.9 Å². The number of likely N-dealkylation sites (tertiary alicyclic amines) is 1. The first kappa shape index (κ1) is 19.1. The maximum atomic E-state index is 13.2. The normalized spacial score (nSPS) is 23.4. The molecule has 1 aromatic rings. The van der Waals surface area contributed by atoms with Crippen molar-refractivity contribution in [1.82, 2.24) is 10.2 Å². The number of ether oxygens (including phenoxy) is 1. The molecular weight excluding hydrogens is 354 g/mol. The lowest BCUT2D eigenvalue weighted by Crippen LogP contribution is -2.52. The van der Waals surface area contributed by atoms with E-state index in [0.29, 0.717) is 32.3 Å². The van der Waals surface area contributed by atoms with Crippen LogP contribution in [0.25, 0.3) is 0 Å². The Kier molecular flexibility index (Phi) is 6.03. The largest absolute Gasteiger partial charge is 0.490 e. The zero-order valence-corrected chi connectivity index (χ0v) is 16.6. The number of nitrogens with one attached hydrogen (secondary N) is 1. The molecule has 2 heterocycles. The van der Waals surface area contributed by atoms with Crippen molar-refractivity contribution in [3.05, 3.63) is 24.3 Å². The third-order valence-corrected chi connectivity index (χ3v) is 6.22. The molecule has 3 amide bonds. The minimum atomic E-state index is -0.0998. The van der Waals surface area contributed by atoms with Gasteiger partial charge in [-0.15, -0.1) is 0 Å². The molecule has 2 fully saturated rings. The van der Waals surface area contributed by atoms with Crippen LogP contribution in [0.5, 0.6) is 5.75 Å². The molecule has 6 heteroatoms. The van der Waals surface area contributed by atoms with Gasteiger partial charge < -0.3 is 15.0 Å². The maximum absolute atomic E-state index is 13.2. The second kappa shape index (κ2) is 8.84. The van der Waals surface area contributed by atoms with E-state index in [4.69, 9.17) is 4.74 Å². The molecule has 1 saturated carbocycles. The standard InChI is InChI=1S/C22H31N3O3/c26-21(23-18-9-3-1-2-4-10-18)17-8-7-13-24(16-17)22(27)25-14-15-28-20-12-6-5-11-19(20)25/h5-6,11-12,17-18H,1-4,7-10,13-16H2,(H,23,26). The summed E-state index contributed by atoms with van der Waals surface area (Å²) in [6, 6.07) is 7.96. The number of rotatable bonds is 2. The van der Waals surface area contributed by atoms with Crippen LogP contribution < -0.4 is 15.0 Å². The minimum Gasteiger partial charge on any atom is -0.490 e. The number of urea groups is 1. The summed E-state index contributed by atoms with van der Waals surface area (Å²) < 4.78 is 5.67. The van der Waals surface area contributed by atoms with Gasteiger partial charge in [0.05, 0.1) is 18.2 Å². The summed E-state index contributed by atoms with van der Waals surface area (Å²) in [4.78, 5) is 29.7. The Bertz CT molecular complexity index is 700. The second-order valence-electron chi connectivity index (χ2n) is 8.23. The number of hydrogen-bond acceptors (Lipinski definition) is 3. The Morgan fingerprint density at radius 2 is 1.75 bits per heavy atom. The average Bonchev–Trinajstić information content (AvgIpc) is 3.01. The van der Waals surface area contributed by atoms with Crippen LogP contribution in [0.2, 0.25) is 0 Å². The number of hydrogen-bond donors (Lipinski definition) is 1. The number of anilines is 1. The number of carbonyl (C=O) groups excluding carboxylic acids is 2. The first-order valence-corrected chi connectivity index (χ1v) is 10.8. The number of benzene rings is 1. The van der Waals surface area contributed by atoms with Crippen molar-refractivity contribution in [1.29, 1.82) is 0 Å². The Labute approximate surface area is 167 Å². The van der Waals surface area contributed by atoms with Gasteiger partial charge in [-0.1, -0.05) is 37.8 Å². The van der Waals surface area contributed by atoms with E-state index >= 15 is 0 Å². The fourth-order valence-electron chi connectivity index (χ4n) is 4.65. The highest BCUT2D eigenvalue weighted by Gasteiger charge is 2.33. The smallest absolute Gasteiger partial charge is 0.324 e. The molecule has 1 aromatic carbocycles. The van der Waals surface area contributed by atoms with Crippen molar-refractivity contribution < 1.29 is 14.3 Å². The molecule has 1 unspecified atom stereocenters. The molecule has 152 valence electrons. The number of nitrogens with zero attached hydrogens (tertiary/aromatic N) is 2. The van der Waals surface area contributed by atoms with Crippen molar-refractivity contribution in [2.45, 2.75) is 57.4 Å². The number of amides is 3. The van der Waals surface area contributed by atoms with Gasteiger partial charge in [-0.05, 0) is 37.8 Å². The second-order valence-corrected chi connectivity index (χ2v) is 8.23. The summed E-state index contributed by atoms with van der Waals surface area (Å²) in [5, 5.41) is 3.27. The highest BCUT2D eigenvalue weighted by Crippen LogP contribution is 2.32. The van der Waals surface area contributed by atoms with E-state index in [2.05, 4.69) is 5.32 Å². The van der Waals surface area contributed by atoms with E-state index in [1.165, 1.54) is 25.7 Å². The van der Waals surface area contributed by atoms with Crippen molar-refractivity contribution >= 4 is 17.6 Å². The molecular formula is C22H31N3O3. The van der Waals surface area contributed by atoms with Crippen molar-refractivity contribution in [2.75, 3.05) is 31.1 Å². The number of carbonyl (C=O) groups is 2. The van der Waals surface area contributed by atoms with Gasteiger partial charge in [0.2, 0.25) is 5.91 Å². The fraction of sp³-hybridized carbons (Fsp3) is 0.636. The number of piperidine rings is 1. The lowest BCUT2D eigenvalue weighted by Gasteiger charge is -2.38. The van der Waals surface area contributed by atoms with Crippen molar-refractivity contribution in [3.8, 4) is 5.75 Å². The van der Waals surface area contributed by atoms with Crippen LogP contribution in [0.1, 0.15) is 51.4 Å². The molecule has 4 rings (SSSR count). The molecule has 28 heavy (non-hydrogen) atoms. The average molecular weight is 386 g/mol. The maximum Gasteiger partial charge on any atom is 0.324 e. The van der Waals surface area contributed by atoms with Gasteiger partial charge in [0, 0.05) is 19.1 Å². The van der Waals surface area contributed by atoms with Gasteiger partial charge in [0.15, 0.2) is 0 Å². The van der Waals surface area contributed by atoms with E-state index in [1.54, 1.807) is 4.90 Å². The topological polar surface area (TPSA) is 61.9 Å². The molecule has 0 bridgehead atoms. The van der Waals surface area contributed by atoms with Gasteiger partial charge in [0.25, 0.3) is 0 Å². The summed E-state index contributed by atoms with van der Waals surface area (Å²) >= 11 is 0. The Morgan fingerprint density at radius 3 is 2.57 bits per heavy atom. The summed E-state index contributed by atoms with van der Waals surface area (Å²) in [5.41, 5.74) is 0.823. The first-order valence-electron chi connectivity index (χ1n) is 10.8. The predicted octanol–water partition coefficient (Wildman–Crippen LogP) is 3.56. The fourth-order valence-corrected chi connectivity index (χ4v) is 4.65. The Hall–Kier alpha value is -2.24. The van der Waals surface area contributed by atoms with Crippen LogP contribution in [0, 0.1) is 5.92 Å². The van der Waals surface area contributed by atoms with Crippen LogP contribution in [0.15, 0.2) is 24.3 Å². The molecule has 6 nitrogen and oxygen atoms in total. The van der Waals surface area contributed by atoms with Crippen LogP contribution >= 0.6 is 0 Å². The van der Waals surface area contributed by atoms with Gasteiger partial charge >= 0.3 is 6.03 Å². The van der Waals surface area contributed by atoms with E-state index in [0.717, 1.165) is 37.1 Å². The van der Waals surface area contributed by atoms with Crippen molar-refractivity contribution in [3.63, 3.8) is 0 Å². The lowest BCUT2D eigenvalue weighted by molar-refractivity contribution is -0.127. The molecule has 1 aliphatic carbocycles. The Morgan fingerprint density at radius 1 is 0.964 bits per heavy atom. The third-order valence-electron chi connectivity index (χ3n) is 6.22. The molecule has 0 spiro atoms. The molecule has 0 aromatic heterocycles. The molecule has 0 radical (unpaired) electrons. The summed E-state index contributed by atoms with van der Waals surface area (Å²) in [7, 11) is 0. The SMILES string of the molecule is O=C(NC1CCCCCC1)C1CCCN(C(=O)N2CCOc3ccccc32)C1. The lowest BCUT2D eigenvalue weighted by atomic mass is 9.96.